The highest BCUT2D eigenvalue weighted by atomic mass is 32.1. The zero-order valence-electron chi connectivity index (χ0n) is 14.5. The van der Waals surface area contributed by atoms with Crippen molar-refractivity contribution in [1.29, 1.82) is 0 Å². The third-order valence-corrected chi connectivity index (χ3v) is 4.48. The van der Waals surface area contributed by atoms with E-state index in [1.807, 2.05) is 29.1 Å². The lowest BCUT2D eigenvalue weighted by molar-refractivity contribution is -0.116. The molecule has 0 radical (unpaired) electrons. The Kier molecular flexibility index (Phi) is 6.38. The first kappa shape index (κ1) is 18.1. The molecule has 2 aromatic rings. The van der Waals surface area contributed by atoms with Crippen LogP contribution in [0, 0.1) is 0 Å². The third-order valence-electron chi connectivity index (χ3n) is 4.26. The molecule has 1 fully saturated rings. The number of hydrogen-bond acceptors (Lipinski definition) is 3. The smallest absolute Gasteiger partial charge is 0.262 e. The van der Waals surface area contributed by atoms with E-state index in [-0.39, 0.29) is 5.91 Å². The summed E-state index contributed by atoms with van der Waals surface area (Å²) in [5.74, 6) is -0.267. The van der Waals surface area contributed by atoms with Crippen molar-refractivity contribution in [2.24, 2.45) is 0 Å². The van der Waals surface area contributed by atoms with Gasteiger partial charge in [0.2, 0.25) is 0 Å². The summed E-state index contributed by atoms with van der Waals surface area (Å²) in [5.41, 5.74) is 7.34. The monoisotopic (exact) mass is 369 g/mol. The van der Waals surface area contributed by atoms with Crippen molar-refractivity contribution in [2.75, 3.05) is 0 Å². The van der Waals surface area contributed by atoms with E-state index in [1.165, 1.54) is 24.5 Å². The van der Waals surface area contributed by atoms with E-state index in [9.17, 15) is 4.79 Å². The van der Waals surface area contributed by atoms with Crippen LogP contribution < -0.4 is 16.2 Å². The highest BCUT2D eigenvalue weighted by molar-refractivity contribution is 7.80. The van der Waals surface area contributed by atoms with Crippen molar-refractivity contribution in [1.82, 2.24) is 25.9 Å². The molecule has 26 heavy (non-hydrogen) atoms. The van der Waals surface area contributed by atoms with Crippen molar-refractivity contribution in [3.63, 3.8) is 0 Å². The molecule has 1 aliphatic carbocycles. The second kappa shape index (κ2) is 9.15. The maximum absolute atomic E-state index is 11.9. The van der Waals surface area contributed by atoms with Gasteiger partial charge in [0, 0.05) is 23.9 Å². The second-order valence-electron chi connectivity index (χ2n) is 6.36. The fraction of sp³-hybridized carbons (Fsp3) is 0.316. The maximum Gasteiger partial charge on any atom is 0.262 e. The maximum atomic E-state index is 11.9. The average Bonchev–Trinajstić information content (AvgIpc) is 3.31. The average molecular weight is 369 g/mol. The normalized spacial score (nSPS) is 14.5. The number of carbonyl (C=O) groups is 1. The molecule has 1 aromatic heterocycles. The van der Waals surface area contributed by atoms with Crippen molar-refractivity contribution < 1.29 is 4.79 Å². The number of benzene rings is 1. The predicted molar refractivity (Wildman–Crippen MR) is 106 cm³/mol. The van der Waals surface area contributed by atoms with Gasteiger partial charge in [0.25, 0.3) is 5.91 Å². The number of rotatable bonds is 5. The highest BCUT2D eigenvalue weighted by Gasteiger charge is 2.15. The van der Waals surface area contributed by atoms with E-state index in [4.69, 9.17) is 12.2 Å². The van der Waals surface area contributed by atoms with Crippen LogP contribution in [0.1, 0.15) is 36.8 Å². The van der Waals surface area contributed by atoms with Crippen LogP contribution in [0.4, 0.5) is 0 Å². The van der Waals surface area contributed by atoms with Gasteiger partial charge < -0.3 is 5.32 Å². The van der Waals surface area contributed by atoms with Crippen molar-refractivity contribution >= 4 is 29.3 Å². The van der Waals surface area contributed by atoms with E-state index in [0.29, 0.717) is 17.7 Å². The molecule has 1 aliphatic rings. The van der Waals surface area contributed by atoms with Crippen LogP contribution in [-0.2, 0) is 11.3 Å². The van der Waals surface area contributed by atoms with E-state index < -0.39 is 0 Å². The van der Waals surface area contributed by atoms with Crippen molar-refractivity contribution in [3.05, 3.63) is 59.9 Å². The van der Waals surface area contributed by atoms with Crippen LogP contribution in [-0.4, -0.2) is 26.8 Å². The summed E-state index contributed by atoms with van der Waals surface area (Å²) in [4.78, 5) is 11.9. The molecule has 1 heterocycles. The Morgan fingerprint density at radius 1 is 1.23 bits per heavy atom. The first-order valence-electron chi connectivity index (χ1n) is 8.80. The number of thiocarbonyl (C=S) groups is 1. The zero-order valence-corrected chi connectivity index (χ0v) is 15.3. The lowest BCUT2D eigenvalue weighted by Gasteiger charge is -2.15. The van der Waals surface area contributed by atoms with Crippen molar-refractivity contribution in [3.8, 4) is 0 Å². The first-order chi connectivity index (χ1) is 12.7. The van der Waals surface area contributed by atoms with Crippen LogP contribution in [0.25, 0.3) is 6.08 Å². The quantitative estimate of drug-likeness (QED) is 0.429. The number of aromatic nitrogens is 2. The van der Waals surface area contributed by atoms with Gasteiger partial charge in [-0.25, -0.2) is 0 Å². The lowest BCUT2D eigenvalue weighted by Crippen LogP contribution is -2.48. The summed E-state index contributed by atoms with van der Waals surface area (Å²) >= 11 is 5.18. The Balaban J connectivity index is 1.42. The summed E-state index contributed by atoms with van der Waals surface area (Å²) < 4.78 is 1.84. The topological polar surface area (TPSA) is 71.0 Å². The summed E-state index contributed by atoms with van der Waals surface area (Å²) in [7, 11) is 0. The molecule has 136 valence electrons. The molecule has 7 heteroatoms. The zero-order chi connectivity index (χ0) is 18.2. The minimum atomic E-state index is -0.267. The van der Waals surface area contributed by atoms with Gasteiger partial charge in [-0.15, -0.1) is 0 Å². The van der Waals surface area contributed by atoms with E-state index in [2.05, 4.69) is 33.4 Å². The second-order valence-corrected chi connectivity index (χ2v) is 6.77. The Morgan fingerprint density at radius 2 is 2.00 bits per heavy atom. The van der Waals surface area contributed by atoms with Crippen molar-refractivity contribution in [2.45, 2.75) is 38.3 Å². The fourth-order valence-corrected chi connectivity index (χ4v) is 3.16. The molecule has 3 N–H and O–H groups in total. The fourth-order valence-electron chi connectivity index (χ4n) is 2.95. The number of nitrogens with zero attached hydrogens (tertiary/aromatic N) is 2. The standard InChI is InChI=1S/C19H23N5OS/c25-18(22-23-19(26)21-17-8-4-5-9-17)11-10-16-12-20-24(14-16)13-15-6-2-1-3-7-15/h1-3,6-7,10-12,14,17H,4-5,8-9,13H2,(H,22,25)(H2,21,23,26)/b11-10+. The number of amides is 1. The molecule has 0 unspecified atom stereocenters. The van der Waals surface area contributed by atoms with Crippen LogP contribution >= 0.6 is 12.2 Å². The molecule has 0 atom stereocenters. The summed E-state index contributed by atoms with van der Waals surface area (Å²) in [5, 5.41) is 7.96. The number of hydrogen-bond donors (Lipinski definition) is 3. The third kappa shape index (κ3) is 5.70. The molecular formula is C19H23N5OS. The largest absolute Gasteiger partial charge is 0.359 e. The summed E-state index contributed by atoms with van der Waals surface area (Å²) in [6.45, 7) is 0.698. The number of hydrazine groups is 1. The Bertz CT molecular complexity index is 765. The molecule has 3 rings (SSSR count). The van der Waals surface area contributed by atoms with E-state index >= 15 is 0 Å². The highest BCUT2D eigenvalue weighted by Crippen LogP contribution is 2.17. The Morgan fingerprint density at radius 3 is 2.77 bits per heavy atom. The predicted octanol–water partition coefficient (Wildman–Crippen LogP) is 2.38. The van der Waals surface area contributed by atoms with Gasteiger partial charge in [-0.1, -0.05) is 43.2 Å². The van der Waals surface area contributed by atoms with E-state index in [0.717, 1.165) is 18.4 Å². The minimum Gasteiger partial charge on any atom is -0.359 e. The Hall–Kier alpha value is -2.67. The SMILES string of the molecule is O=C(/C=C/c1cnn(Cc2ccccc2)c1)NNC(=S)NC1CCCC1. The molecular weight excluding hydrogens is 346 g/mol. The van der Waals surface area contributed by atoms with Gasteiger partial charge in [-0.2, -0.15) is 5.10 Å². The van der Waals surface area contributed by atoms with Crippen LogP contribution in [0.3, 0.4) is 0 Å². The molecule has 0 saturated heterocycles. The van der Waals surface area contributed by atoms with Gasteiger partial charge >= 0.3 is 0 Å². The first-order valence-corrected chi connectivity index (χ1v) is 9.21. The lowest BCUT2D eigenvalue weighted by atomic mass is 10.2. The molecule has 0 bridgehead atoms. The number of nitrogens with one attached hydrogen (secondary N) is 3. The summed E-state index contributed by atoms with van der Waals surface area (Å²) in [6.07, 6.45) is 11.5. The van der Waals surface area contributed by atoms with Gasteiger partial charge in [-0.3, -0.25) is 20.3 Å². The van der Waals surface area contributed by atoms with Gasteiger partial charge in [0.05, 0.1) is 12.7 Å². The van der Waals surface area contributed by atoms with Gasteiger partial charge in [-0.05, 0) is 36.7 Å². The molecule has 6 nitrogen and oxygen atoms in total. The van der Waals surface area contributed by atoms with Gasteiger partial charge in [0.15, 0.2) is 5.11 Å². The molecule has 1 saturated carbocycles. The molecule has 1 amide bonds. The number of carbonyl (C=O) groups excluding carboxylic acids is 1. The van der Waals surface area contributed by atoms with Gasteiger partial charge in [0.1, 0.15) is 0 Å². The van der Waals surface area contributed by atoms with Crippen LogP contribution in [0.5, 0.6) is 0 Å². The molecule has 0 aliphatic heterocycles. The van der Waals surface area contributed by atoms with E-state index in [1.54, 1.807) is 12.3 Å². The van der Waals surface area contributed by atoms with Crippen LogP contribution in [0.15, 0.2) is 48.8 Å². The Labute approximate surface area is 158 Å². The van der Waals surface area contributed by atoms with Crippen LogP contribution in [0.2, 0.25) is 0 Å². The molecule has 0 spiro atoms. The summed E-state index contributed by atoms with van der Waals surface area (Å²) in [6, 6.07) is 10.5. The minimum absolute atomic E-state index is 0.267. The molecule has 1 aromatic carbocycles.